The maximum atomic E-state index is 11.0. The molecule has 3 rings (SSSR count). The maximum absolute atomic E-state index is 11.0. The molecule has 3 N–H and O–H groups in total. The van der Waals surface area contributed by atoms with Gasteiger partial charge in [0.15, 0.2) is 0 Å². The number of rotatable bonds is 5. The molecule has 2 heterocycles. The number of non-ortho nitro benzene ring substituents is 1. The number of fused-ring (bicyclic) bond motifs is 1. The highest BCUT2D eigenvalue weighted by Gasteiger charge is 2.14. The van der Waals surface area contributed by atoms with Crippen LogP contribution in [-0.2, 0) is 6.42 Å². The third kappa shape index (κ3) is 2.64. The van der Waals surface area contributed by atoms with E-state index >= 15 is 0 Å². The summed E-state index contributed by atoms with van der Waals surface area (Å²) in [5, 5.41) is 22.0. The second-order valence-corrected chi connectivity index (χ2v) is 4.50. The molecule has 3 aromatic rings. The molecule has 112 valence electrons. The summed E-state index contributed by atoms with van der Waals surface area (Å²) < 4.78 is 5.07. The van der Waals surface area contributed by atoms with Crippen molar-refractivity contribution in [3.05, 3.63) is 46.5 Å². The molecule has 0 bridgehead atoms. The minimum Gasteiger partial charge on any atom is -0.408 e. The summed E-state index contributed by atoms with van der Waals surface area (Å²) in [6.07, 6.45) is 2.07. The standard InChI is InChI=1S/C13H12N6O3/c14-13-18-17-11(22-13)5-7-15-9-3-4-10(19(20)21)8-2-1-6-16-12(8)9/h1-4,6,15H,5,7H2,(H2,14,18). The summed E-state index contributed by atoms with van der Waals surface area (Å²) in [5.74, 6) is 0.421. The van der Waals surface area contributed by atoms with Crippen LogP contribution in [0.3, 0.4) is 0 Å². The van der Waals surface area contributed by atoms with Crippen LogP contribution >= 0.6 is 0 Å². The fourth-order valence-electron chi connectivity index (χ4n) is 2.13. The van der Waals surface area contributed by atoms with Gasteiger partial charge >= 0.3 is 6.01 Å². The van der Waals surface area contributed by atoms with Crippen molar-refractivity contribution in [2.24, 2.45) is 0 Å². The van der Waals surface area contributed by atoms with Crippen LogP contribution in [0.5, 0.6) is 0 Å². The van der Waals surface area contributed by atoms with Crippen molar-refractivity contribution in [1.29, 1.82) is 0 Å². The number of nitrogens with two attached hydrogens (primary N) is 1. The Hall–Kier alpha value is -3.23. The molecule has 0 aliphatic heterocycles. The Balaban J connectivity index is 1.82. The Bertz CT molecular complexity index is 832. The number of nitrogens with zero attached hydrogens (tertiary/aromatic N) is 4. The number of hydrogen-bond acceptors (Lipinski definition) is 8. The van der Waals surface area contributed by atoms with Crippen molar-refractivity contribution in [2.75, 3.05) is 17.6 Å². The van der Waals surface area contributed by atoms with Crippen LogP contribution < -0.4 is 11.1 Å². The van der Waals surface area contributed by atoms with Crippen LogP contribution in [0.4, 0.5) is 17.4 Å². The van der Waals surface area contributed by atoms with Gasteiger partial charge in [0.2, 0.25) is 5.89 Å². The number of pyridine rings is 1. The summed E-state index contributed by atoms with van der Waals surface area (Å²) in [5.41, 5.74) is 6.62. The lowest BCUT2D eigenvalue weighted by molar-refractivity contribution is -0.383. The van der Waals surface area contributed by atoms with Crippen molar-refractivity contribution in [3.63, 3.8) is 0 Å². The van der Waals surface area contributed by atoms with E-state index in [2.05, 4.69) is 20.5 Å². The number of nitrogen functional groups attached to an aromatic ring is 1. The monoisotopic (exact) mass is 300 g/mol. The van der Waals surface area contributed by atoms with E-state index in [0.29, 0.717) is 35.4 Å². The van der Waals surface area contributed by atoms with E-state index < -0.39 is 4.92 Å². The molecule has 0 aliphatic carbocycles. The van der Waals surface area contributed by atoms with Crippen molar-refractivity contribution < 1.29 is 9.34 Å². The van der Waals surface area contributed by atoms with Gasteiger partial charge in [-0.25, -0.2) is 0 Å². The minimum atomic E-state index is -0.422. The second-order valence-electron chi connectivity index (χ2n) is 4.50. The molecule has 0 aliphatic rings. The molecule has 1 aromatic carbocycles. The number of aromatic nitrogens is 3. The number of anilines is 2. The van der Waals surface area contributed by atoms with Crippen molar-refractivity contribution >= 4 is 28.3 Å². The highest BCUT2D eigenvalue weighted by atomic mass is 16.6. The smallest absolute Gasteiger partial charge is 0.312 e. The number of nitrogens with one attached hydrogen (secondary N) is 1. The third-order valence-corrected chi connectivity index (χ3v) is 3.08. The third-order valence-electron chi connectivity index (χ3n) is 3.08. The molecule has 2 aromatic heterocycles. The van der Waals surface area contributed by atoms with Gasteiger partial charge < -0.3 is 15.5 Å². The molecule has 0 unspecified atom stereocenters. The van der Waals surface area contributed by atoms with E-state index in [-0.39, 0.29) is 11.7 Å². The largest absolute Gasteiger partial charge is 0.408 e. The normalized spacial score (nSPS) is 10.7. The zero-order chi connectivity index (χ0) is 15.5. The molecule has 0 saturated carbocycles. The van der Waals surface area contributed by atoms with Crippen molar-refractivity contribution in [2.45, 2.75) is 6.42 Å². The molecule has 0 fully saturated rings. The summed E-state index contributed by atoms with van der Waals surface area (Å²) in [6.45, 7) is 0.505. The first-order valence-electron chi connectivity index (χ1n) is 6.49. The van der Waals surface area contributed by atoms with Gasteiger partial charge in [0.05, 0.1) is 16.0 Å². The summed E-state index contributed by atoms with van der Waals surface area (Å²) in [7, 11) is 0. The Morgan fingerprint density at radius 3 is 2.91 bits per heavy atom. The molecular formula is C13H12N6O3. The number of nitro groups is 1. The fraction of sp³-hybridized carbons (Fsp3) is 0.154. The van der Waals surface area contributed by atoms with Crippen LogP contribution in [0.1, 0.15) is 5.89 Å². The minimum absolute atomic E-state index is 0.0254. The number of benzene rings is 1. The Morgan fingerprint density at radius 1 is 1.32 bits per heavy atom. The lowest BCUT2D eigenvalue weighted by atomic mass is 10.1. The Labute approximate surface area is 124 Å². The topological polar surface area (TPSA) is 133 Å². The van der Waals surface area contributed by atoms with Gasteiger partial charge in [0, 0.05) is 25.2 Å². The van der Waals surface area contributed by atoms with Gasteiger partial charge in [-0.3, -0.25) is 15.1 Å². The fourth-order valence-corrected chi connectivity index (χ4v) is 2.13. The average molecular weight is 300 g/mol. The predicted molar refractivity (Wildman–Crippen MR) is 79.3 cm³/mol. The highest BCUT2D eigenvalue weighted by molar-refractivity contribution is 5.96. The van der Waals surface area contributed by atoms with E-state index in [9.17, 15) is 10.1 Å². The summed E-state index contributed by atoms with van der Waals surface area (Å²) in [6, 6.07) is 6.45. The second kappa shape index (κ2) is 5.64. The van der Waals surface area contributed by atoms with Crippen LogP contribution in [0, 0.1) is 10.1 Å². The molecule has 22 heavy (non-hydrogen) atoms. The van der Waals surface area contributed by atoms with Gasteiger partial charge in [0.1, 0.15) is 5.52 Å². The Morgan fingerprint density at radius 2 is 2.18 bits per heavy atom. The zero-order valence-corrected chi connectivity index (χ0v) is 11.4. The molecule has 0 amide bonds. The van der Waals surface area contributed by atoms with Crippen molar-refractivity contribution in [3.8, 4) is 0 Å². The molecular weight excluding hydrogens is 288 g/mol. The summed E-state index contributed by atoms with van der Waals surface area (Å²) >= 11 is 0. The molecule has 0 spiro atoms. The highest BCUT2D eigenvalue weighted by Crippen LogP contribution is 2.29. The van der Waals surface area contributed by atoms with E-state index in [0.717, 1.165) is 0 Å². The zero-order valence-electron chi connectivity index (χ0n) is 11.4. The van der Waals surface area contributed by atoms with Gasteiger partial charge in [-0.2, -0.15) is 0 Å². The Kier molecular flexibility index (Phi) is 3.52. The van der Waals surface area contributed by atoms with Gasteiger partial charge in [-0.15, -0.1) is 5.10 Å². The van der Waals surface area contributed by atoms with Gasteiger partial charge in [-0.1, -0.05) is 5.10 Å². The van der Waals surface area contributed by atoms with Crippen LogP contribution in [0.15, 0.2) is 34.9 Å². The lowest BCUT2D eigenvalue weighted by Gasteiger charge is -2.08. The molecule has 0 atom stereocenters. The SMILES string of the molecule is Nc1nnc(CCNc2ccc([N+](=O)[O-])c3cccnc23)o1. The average Bonchev–Trinajstić information content (AvgIpc) is 2.92. The van der Waals surface area contributed by atoms with E-state index in [1.54, 1.807) is 24.4 Å². The van der Waals surface area contributed by atoms with E-state index in [1.165, 1.54) is 6.07 Å². The van der Waals surface area contributed by atoms with Gasteiger partial charge in [0.25, 0.3) is 5.69 Å². The van der Waals surface area contributed by atoms with E-state index in [1.807, 2.05) is 0 Å². The number of hydrogen-bond donors (Lipinski definition) is 2. The maximum Gasteiger partial charge on any atom is 0.312 e. The predicted octanol–water partition coefficient (Wildman–Crippen LogP) is 1.76. The number of nitro benzene ring substituents is 1. The van der Waals surface area contributed by atoms with Crippen LogP contribution in [0.25, 0.3) is 10.9 Å². The molecule has 9 nitrogen and oxygen atoms in total. The van der Waals surface area contributed by atoms with Crippen LogP contribution in [0.2, 0.25) is 0 Å². The van der Waals surface area contributed by atoms with E-state index in [4.69, 9.17) is 10.2 Å². The summed E-state index contributed by atoms with van der Waals surface area (Å²) in [4.78, 5) is 14.8. The first-order chi connectivity index (χ1) is 10.6. The molecule has 0 saturated heterocycles. The quantitative estimate of drug-likeness (QED) is 0.538. The van der Waals surface area contributed by atoms with Crippen molar-refractivity contribution in [1.82, 2.24) is 15.2 Å². The lowest BCUT2D eigenvalue weighted by Crippen LogP contribution is -2.06. The first-order valence-corrected chi connectivity index (χ1v) is 6.49. The molecule has 9 heteroatoms. The molecule has 0 radical (unpaired) electrons. The van der Waals surface area contributed by atoms with Crippen LogP contribution in [-0.4, -0.2) is 26.6 Å². The van der Waals surface area contributed by atoms with Gasteiger partial charge in [-0.05, 0) is 18.2 Å². The first kappa shape index (κ1) is 13.7.